The van der Waals surface area contributed by atoms with Gasteiger partial charge in [0.15, 0.2) is 0 Å². The number of benzene rings is 1. The van der Waals surface area contributed by atoms with Gasteiger partial charge in [0.2, 0.25) is 0 Å². The van der Waals surface area contributed by atoms with Crippen LogP contribution in [0.25, 0.3) is 0 Å². The molecule has 0 unspecified atom stereocenters. The molecule has 18 heavy (non-hydrogen) atoms. The third-order valence-corrected chi connectivity index (χ3v) is 5.00. The first-order valence-corrected chi connectivity index (χ1v) is 7.81. The van der Waals surface area contributed by atoms with Crippen molar-refractivity contribution in [2.75, 3.05) is 0 Å². The molecule has 94 valence electrons. The lowest BCUT2D eigenvalue weighted by Crippen LogP contribution is -2.05. The molecule has 5 heteroatoms. The van der Waals surface area contributed by atoms with Crippen molar-refractivity contribution >= 4 is 43.6 Å². The van der Waals surface area contributed by atoms with E-state index in [1.54, 1.807) is 18.0 Å². The van der Waals surface area contributed by atoms with Crippen molar-refractivity contribution in [1.29, 1.82) is 0 Å². The minimum Gasteiger partial charge on any atom is -0.324 e. The Morgan fingerprint density at radius 3 is 2.61 bits per heavy atom. The van der Waals surface area contributed by atoms with E-state index in [4.69, 9.17) is 5.73 Å². The molecule has 2 N–H and O–H groups in total. The fourth-order valence-electron chi connectivity index (χ4n) is 1.50. The van der Waals surface area contributed by atoms with Gasteiger partial charge in [0.1, 0.15) is 5.03 Å². The van der Waals surface area contributed by atoms with Crippen molar-refractivity contribution in [1.82, 2.24) is 4.98 Å². The van der Waals surface area contributed by atoms with Crippen LogP contribution in [0.1, 0.15) is 18.5 Å². The summed E-state index contributed by atoms with van der Waals surface area (Å²) in [5.74, 6) is 0. The highest BCUT2D eigenvalue weighted by atomic mass is 79.9. The molecule has 0 fully saturated rings. The van der Waals surface area contributed by atoms with Crippen molar-refractivity contribution in [3.05, 3.63) is 51.0 Å². The standard InChI is InChI=1S/C13H12Br2N2S/c1-8(16)10-5-4-9(7-12(10)15)18-13-11(14)3-2-6-17-13/h2-8H,16H2,1H3/t8-/m1/s1. The molecule has 1 aromatic carbocycles. The van der Waals surface area contributed by atoms with Crippen LogP contribution in [-0.4, -0.2) is 4.98 Å². The van der Waals surface area contributed by atoms with Gasteiger partial charge < -0.3 is 5.73 Å². The summed E-state index contributed by atoms with van der Waals surface area (Å²) in [5.41, 5.74) is 7.00. The van der Waals surface area contributed by atoms with E-state index in [1.807, 2.05) is 25.1 Å². The number of pyridine rings is 1. The molecule has 0 aliphatic carbocycles. The zero-order valence-corrected chi connectivity index (χ0v) is 13.7. The fourth-order valence-corrected chi connectivity index (χ4v) is 3.70. The molecule has 0 aliphatic rings. The molecule has 0 aliphatic heterocycles. The molecule has 1 aromatic heterocycles. The van der Waals surface area contributed by atoms with E-state index < -0.39 is 0 Å². The fraction of sp³-hybridized carbons (Fsp3) is 0.154. The maximum atomic E-state index is 5.88. The van der Waals surface area contributed by atoms with E-state index in [1.165, 1.54) is 0 Å². The minimum atomic E-state index is 0.0278. The molecular formula is C13H12Br2N2S. The Morgan fingerprint density at radius 2 is 2.00 bits per heavy atom. The van der Waals surface area contributed by atoms with E-state index in [2.05, 4.69) is 49.0 Å². The van der Waals surface area contributed by atoms with Crippen LogP contribution in [0.15, 0.2) is 55.4 Å². The summed E-state index contributed by atoms with van der Waals surface area (Å²) in [6, 6.07) is 10.1. The summed E-state index contributed by atoms with van der Waals surface area (Å²) in [5, 5.41) is 0.956. The van der Waals surface area contributed by atoms with Crippen LogP contribution in [-0.2, 0) is 0 Å². The van der Waals surface area contributed by atoms with E-state index in [9.17, 15) is 0 Å². The third-order valence-electron chi connectivity index (χ3n) is 2.40. The zero-order valence-electron chi connectivity index (χ0n) is 9.73. The summed E-state index contributed by atoms with van der Waals surface area (Å²) in [6.07, 6.45) is 1.79. The number of halogens is 2. The van der Waals surface area contributed by atoms with Gasteiger partial charge in [-0.2, -0.15) is 0 Å². The average molecular weight is 388 g/mol. The first-order chi connectivity index (χ1) is 8.58. The molecule has 0 radical (unpaired) electrons. The Kier molecular flexibility index (Phi) is 4.84. The first-order valence-electron chi connectivity index (χ1n) is 5.41. The van der Waals surface area contributed by atoms with E-state index in [0.717, 1.165) is 24.4 Å². The zero-order chi connectivity index (χ0) is 13.1. The molecule has 0 bridgehead atoms. The lowest BCUT2D eigenvalue weighted by molar-refractivity contribution is 0.811. The van der Waals surface area contributed by atoms with Gasteiger partial charge in [0, 0.05) is 21.6 Å². The number of nitrogens with two attached hydrogens (primary N) is 1. The largest absolute Gasteiger partial charge is 0.324 e. The lowest BCUT2D eigenvalue weighted by atomic mass is 10.1. The monoisotopic (exact) mass is 386 g/mol. The Balaban J connectivity index is 2.26. The van der Waals surface area contributed by atoms with E-state index in [0.29, 0.717) is 0 Å². The van der Waals surface area contributed by atoms with Gasteiger partial charge in [-0.05, 0) is 52.7 Å². The second kappa shape index (κ2) is 6.19. The molecule has 0 spiro atoms. The molecule has 1 atom stereocenters. The maximum Gasteiger partial charge on any atom is 0.115 e. The number of hydrogen-bond acceptors (Lipinski definition) is 3. The molecule has 0 amide bonds. The van der Waals surface area contributed by atoms with Crippen molar-refractivity contribution in [3.63, 3.8) is 0 Å². The van der Waals surface area contributed by atoms with Crippen LogP contribution < -0.4 is 5.73 Å². The Hall–Kier alpha value is -0.360. The van der Waals surface area contributed by atoms with Crippen LogP contribution in [0.5, 0.6) is 0 Å². The average Bonchev–Trinajstić information content (AvgIpc) is 2.32. The van der Waals surface area contributed by atoms with Crippen LogP contribution in [0.2, 0.25) is 0 Å². The Labute approximate surface area is 128 Å². The predicted octanol–water partition coefficient (Wildman–Crippen LogP) is 4.78. The summed E-state index contributed by atoms with van der Waals surface area (Å²) in [4.78, 5) is 5.47. The molecule has 1 heterocycles. The van der Waals surface area contributed by atoms with Gasteiger partial charge in [0.25, 0.3) is 0 Å². The van der Waals surface area contributed by atoms with Gasteiger partial charge in [0.05, 0.1) is 4.47 Å². The first kappa shape index (κ1) is 14.1. The van der Waals surface area contributed by atoms with Crippen molar-refractivity contribution in [2.24, 2.45) is 5.73 Å². The van der Waals surface area contributed by atoms with Crippen LogP contribution in [0.3, 0.4) is 0 Å². The van der Waals surface area contributed by atoms with Gasteiger partial charge >= 0.3 is 0 Å². The van der Waals surface area contributed by atoms with Crippen LogP contribution >= 0.6 is 43.6 Å². The number of aromatic nitrogens is 1. The Morgan fingerprint density at radius 1 is 1.22 bits per heavy atom. The Bertz CT molecular complexity index is 558. The summed E-state index contributed by atoms with van der Waals surface area (Å²) in [7, 11) is 0. The summed E-state index contributed by atoms with van der Waals surface area (Å²) >= 11 is 8.67. The van der Waals surface area contributed by atoms with Crippen molar-refractivity contribution in [3.8, 4) is 0 Å². The van der Waals surface area contributed by atoms with Gasteiger partial charge in [-0.3, -0.25) is 0 Å². The van der Waals surface area contributed by atoms with Crippen molar-refractivity contribution in [2.45, 2.75) is 22.9 Å². The van der Waals surface area contributed by atoms with E-state index >= 15 is 0 Å². The minimum absolute atomic E-state index is 0.0278. The van der Waals surface area contributed by atoms with Gasteiger partial charge in [-0.15, -0.1) is 0 Å². The SMILES string of the molecule is C[C@@H](N)c1ccc(Sc2ncccc2Br)cc1Br. The molecular weight excluding hydrogens is 376 g/mol. The highest BCUT2D eigenvalue weighted by molar-refractivity contribution is 9.10. The molecule has 0 saturated heterocycles. The molecule has 2 rings (SSSR count). The molecule has 0 saturated carbocycles. The van der Waals surface area contributed by atoms with E-state index in [-0.39, 0.29) is 6.04 Å². The highest BCUT2D eigenvalue weighted by Crippen LogP contribution is 2.34. The van der Waals surface area contributed by atoms with Crippen LogP contribution in [0, 0.1) is 0 Å². The maximum absolute atomic E-state index is 5.88. The molecule has 2 nitrogen and oxygen atoms in total. The number of rotatable bonds is 3. The quantitative estimate of drug-likeness (QED) is 0.823. The summed E-state index contributed by atoms with van der Waals surface area (Å²) in [6.45, 7) is 1.97. The van der Waals surface area contributed by atoms with Gasteiger partial charge in [-0.1, -0.05) is 33.8 Å². The second-order valence-corrected chi connectivity index (χ2v) is 6.64. The number of hydrogen-bond donors (Lipinski definition) is 1. The predicted molar refractivity (Wildman–Crippen MR) is 82.8 cm³/mol. The van der Waals surface area contributed by atoms with Crippen LogP contribution in [0.4, 0.5) is 0 Å². The lowest BCUT2D eigenvalue weighted by Gasteiger charge is -2.10. The second-order valence-electron chi connectivity index (χ2n) is 3.86. The smallest absolute Gasteiger partial charge is 0.115 e. The van der Waals surface area contributed by atoms with Gasteiger partial charge in [-0.25, -0.2) is 4.98 Å². The third kappa shape index (κ3) is 3.35. The number of nitrogens with zero attached hydrogens (tertiary/aromatic N) is 1. The summed E-state index contributed by atoms with van der Waals surface area (Å²) < 4.78 is 2.04. The highest BCUT2D eigenvalue weighted by Gasteiger charge is 2.08. The van der Waals surface area contributed by atoms with Crippen molar-refractivity contribution < 1.29 is 0 Å². The molecule has 2 aromatic rings. The normalized spacial score (nSPS) is 12.4. The topological polar surface area (TPSA) is 38.9 Å².